The number of nitrogens with zero attached hydrogens (tertiary/aromatic N) is 2. The number of hydrogen-bond acceptors (Lipinski definition) is 5. The third kappa shape index (κ3) is 5.69. The van der Waals surface area contributed by atoms with E-state index in [0.717, 1.165) is 14.9 Å². The molecule has 1 fully saturated rings. The zero-order valence-electron chi connectivity index (χ0n) is 15.9. The Morgan fingerprint density at radius 2 is 1.76 bits per heavy atom. The van der Waals surface area contributed by atoms with Gasteiger partial charge in [0.2, 0.25) is 15.9 Å². The van der Waals surface area contributed by atoms with Crippen LogP contribution in [0.5, 0.6) is 0 Å². The quantitative estimate of drug-likeness (QED) is 0.376. The van der Waals surface area contributed by atoms with Crippen molar-refractivity contribution in [1.29, 1.82) is 0 Å². The van der Waals surface area contributed by atoms with Gasteiger partial charge >= 0.3 is 0 Å². The Hall–Kier alpha value is -1.68. The summed E-state index contributed by atoms with van der Waals surface area (Å²) < 4.78 is 27.7. The zero-order chi connectivity index (χ0) is 20.9. The highest BCUT2D eigenvalue weighted by Crippen LogP contribution is 2.25. The molecule has 0 atom stereocenters. The lowest BCUT2D eigenvalue weighted by molar-refractivity contribution is -0.126. The Balaban J connectivity index is 1.52. The summed E-state index contributed by atoms with van der Waals surface area (Å²) in [6.07, 6.45) is 4.56. The van der Waals surface area contributed by atoms with Crippen LogP contribution >= 0.6 is 27.7 Å². The van der Waals surface area contributed by atoms with Gasteiger partial charge in [-0.15, -0.1) is 11.8 Å². The van der Waals surface area contributed by atoms with Crippen molar-refractivity contribution in [3.05, 3.63) is 58.6 Å². The summed E-state index contributed by atoms with van der Waals surface area (Å²) in [6, 6.07) is 14.4. The number of carbonyl (C=O) groups is 1. The topological polar surface area (TPSA) is 78.8 Å². The second kappa shape index (κ2) is 9.88. The Labute approximate surface area is 183 Å². The SMILES string of the molecule is CSc1ccc(/C=N\NC(=O)C2CCN(S(=O)(=O)c3ccc(Br)cc3)CC2)cc1. The lowest BCUT2D eigenvalue weighted by Gasteiger charge is -2.30. The number of amides is 1. The summed E-state index contributed by atoms with van der Waals surface area (Å²) in [5.74, 6) is -0.426. The molecule has 1 N–H and O–H groups in total. The van der Waals surface area contributed by atoms with E-state index < -0.39 is 10.0 Å². The maximum absolute atomic E-state index is 12.7. The molecular weight excluding hydrogens is 474 g/mol. The number of hydrazone groups is 1. The van der Waals surface area contributed by atoms with Crippen molar-refractivity contribution in [2.75, 3.05) is 19.3 Å². The third-order valence-corrected chi connectivity index (χ3v) is 7.97. The van der Waals surface area contributed by atoms with E-state index in [1.807, 2.05) is 30.5 Å². The summed E-state index contributed by atoms with van der Waals surface area (Å²) in [5, 5.41) is 4.03. The first-order valence-electron chi connectivity index (χ1n) is 9.13. The van der Waals surface area contributed by atoms with Crippen LogP contribution in [-0.4, -0.2) is 44.2 Å². The van der Waals surface area contributed by atoms with E-state index in [9.17, 15) is 13.2 Å². The van der Waals surface area contributed by atoms with Crippen molar-refractivity contribution in [2.24, 2.45) is 11.0 Å². The summed E-state index contributed by atoms with van der Waals surface area (Å²) >= 11 is 4.97. The van der Waals surface area contributed by atoms with Gasteiger partial charge in [0.1, 0.15) is 0 Å². The van der Waals surface area contributed by atoms with Gasteiger partial charge < -0.3 is 0 Å². The molecule has 29 heavy (non-hydrogen) atoms. The van der Waals surface area contributed by atoms with Crippen LogP contribution in [0.15, 0.2) is 67.9 Å². The Kier molecular flexibility index (Phi) is 7.50. The number of carbonyl (C=O) groups excluding carboxylic acids is 1. The number of benzene rings is 2. The summed E-state index contributed by atoms with van der Waals surface area (Å²) in [6.45, 7) is 0.632. The molecule has 1 aliphatic heterocycles. The fourth-order valence-electron chi connectivity index (χ4n) is 3.07. The molecule has 154 valence electrons. The molecule has 0 saturated carbocycles. The average Bonchev–Trinajstić information content (AvgIpc) is 2.74. The van der Waals surface area contributed by atoms with Crippen molar-refractivity contribution in [3.63, 3.8) is 0 Å². The predicted octanol–water partition coefficient (Wildman–Crippen LogP) is 3.72. The maximum Gasteiger partial charge on any atom is 0.243 e. The molecule has 2 aromatic rings. The van der Waals surface area contributed by atoms with E-state index in [4.69, 9.17) is 0 Å². The minimum atomic E-state index is -3.54. The molecule has 6 nitrogen and oxygen atoms in total. The highest BCUT2D eigenvalue weighted by atomic mass is 79.9. The van der Waals surface area contributed by atoms with Crippen molar-refractivity contribution in [3.8, 4) is 0 Å². The number of halogens is 1. The van der Waals surface area contributed by atoms with E-state index >= 15 is 0 Å². The number of piperidine rings is 1. The Morgan fingerprint density at radius 1 is 1.14 bits per heavy atom. The van der Waals surface area contributed by atoms with E-state index in [1.165, 1.54) is 4.31 Å². The van der Waals surface area contributed by atoms with Gasteiger partial charge in [0.15, 0.2) is 0 Å². The van der Waals surface area contributed by atoms with Crippen LogP contribution in [0.1, 0.15) is 18.4 Å². The molecule has 1 heterocycles. The molecule has 1 amide bonds. The number of nitrogens with one attached hydrogen (secondary N) is 1. The summed E-state index contributed by atoms with van der Waals surface area (Å²) in [7, 11) is -3.54. The van der Waals surface area contributed by atoms with E-state index in [-0.39, 0.29) is 16.7 Å². The molecule has 0 aliphatic carbocycles. The molecule has 0 bridgehead atoms. The van der Waals surface area contributed by atoms with Crippen LogP contribution in [0.2, 0.25) is 0 Å². The number of hydrogen-bond donors (Lipinski definition) is 1. The smallest absolute Gasteiger partial charge is 0.243 e. The Bertz CT molecular complexity index is 969. The highest BCUT2D eigenvalue weighted by Gasteiger charge is 2.32. The van der Waals surface area contributed by atoms with Gasteiger partial charge in [-0.1, -0.05) is 28.1 Å². The molecule has 3 rings (SSSR count). The van der Waals surface area contributed by atoms with Gasteiger partial charge in [-0.25, -0.2) is 13.8 Å². The molecule has 9 heteroatoms. The standard InChI is InChI=1S/C20H22BrN3O3S2/c1-28-18-6-2-15(3-7-18)14-22-23-20(25)16-10-12-24(13-11-16)29(26,27)19-8-4-17(21)5-9-19/h2-9,14,16H,10-13H2,1H3,(H,23,25)/b22-14-. The largest absolute Gasteiger partial charge is 0.273 e. The van der Waals surface area contributed by atoms with Gasteiger partial charge in [-0.2, -0.15) is 9.41 Å². The molecular formula is C20H22BrN3O3S2. The van der Waals surface area contributed by atoms with Crippen molar-refractivity contribution >= 4 is 49.8 Å². The van der Waals surface area contributed by atoms with Crippen molar-refractivity contribution < 1.29 is 13.2 Å². The maximum atomic E-state index is 12.7. The second-order valence-corrected chi connectivity index (χ2v) is 10.4. The van der Waals surface area contributed by atoms with Crippen LogP contribution in [0.25, 0.3) is 0 Å². The zero-order valence-corrected chi connectivity index (χ0v) is 19.1. The van der Waals surface area contributed by atoms with Gasteiger partial charge in [-0.05, 0) is 61.1 Å². The minimum absolute atomic E-state index is 0.178. The molecule has 2 aromatic carbocycles. The summed E-state index contributed by atoms with van der Waals surface area (Å²) in [5.41, 5.74) is 3.47. The predicted molar refractivity (Wildman–Crippen MR) is 120 cm³/mol. The van der Waals surface area contributed by atoms with Gasteiger partial charge in [0.25, 0.3) is 0 Å². The highest BCUT2D eigenvalue weighted by molar-refractivity contribution is 9.10. The number of thioether (sulfide) groups is 1. The molecule has 1 saturated heterocycles. The lowest BCUT2D eigenvalue weighted by Crippen LogP contribution is -2.42. The van der Waals surface area contributed by atoms with E-state index in [2.05, 4.69) is 26.5 Å². The van der Waals surface area contributed by atoms with Crippen LogP contribution in [0.4, 0.5) is 0 Å². The van der Waals surface area contributed by atoms with Crippen LogP contribution < -0.4 is 5.43 Å². The first kappa shape index (κ1) is 22.0. The second-order valence-electron chi connectivity index (χ2n) is 6.64. The first-order chi connectivity index (χ1) is 13.9. The minimum Gasteiger partial charge on any atom is -0.273 e. The fraction of sp³-hybridized carbons (Fsp3) is 0.300. The number of rotatable bonds is 6. The average molecular weight is 496 g/mol. The van der Waals surface area contributed by atoms with Crippen LogP contribution in [0.3, 0.4) is 0 Å². The molecule has 1 aliphatic rings. The van der Waals surface area contributed by atoms with Gasteiger partial charge in [-0.3, -0.25) is 4.79 Å². The summed E-state index contributed by atoms with van der Waals surface area (Å²) in [4.78, 5) is 13.8. The normalized spacial score (nSPS) is 16.2. The van der Waals surface area contributed by atoms with Crippen LogP contribution in [-0.2, 0) is 14.8 Å². The number of sulfonamides is 1. The monoisotopic (exact) mass is 495 g/mol. The Morgan fingerprint density at radius 3 is 2.34 bits per heavy atom. The third-order valence-electron chi connectivity index (χ3n) is 4.78. The molecule has 0 spiro atoms. The van der Waals surface area contributed by atoms with Crippen molar-refractivity contribution in [1.82, 2.24) is 9.73 Å². The van der Waals surface area contributed by atoms with Gasteiger partial charge in [0, 0.05) is 28.4 Å². The van der Waals surface area contributed by atoms with E-state index in [1.54, 1.807) is 42.2 Å². The van der Waals surface area contributed by atoms with E-state index in [0.29, 0.717) is 25.9 Å². The van der Waals surface area contributed by atoms with Gasteiger partial charge in [0.05, 0.1) is 11.1 Å². The van der Waals surface area contributed by atoms with Crippen LogP contribution in [0, 0.1) is 5.92 Å². The molecule has 0 unspecified atom stereocenters. The fourth-order valence-corrected chi connectivity index (χ4v) is 5.21. The lowest BCUT2D eigenvalue weighted by atomic mass is 9.98. The first-order valence-corrected chi connectivity index (χ1v) is 12.6. The van der Waals surface area contributed by atoms with Crippen molar-refractivity contribution in [2.45, 2.75) is 22.6 Å². The molecule has 0 aromatic heterocycles. The molecule has 0 radical (unpaired) electrons.